The first-order valence-electron chi connectivity index (χ1n) is 5.49. The van der Waals surface area contributed by atoms with E-state index < -0.39 is 0 Å². The molecule has 1 fully saturated rings. The van der Waals surface area contributed by atoms with E-state index in [1.807, 2.05) is 6.92 Å². The minimum absolute atomic E-state index is 0.0928. The maximum atomic E-state index is 12.0. The van der Waals surface area contributed by atoms with Gasteiger partial charge in [0.1, 0.15) is 11.3 Å². The number of hydrogen-bond donors (Lipinski definition) is 0. The van der Waals surface area contributed by atoms with Gasteiger partial charge in [-0.25, -0.2) is 0 Å². The van der Waals surface area contributed by atoms with Crippen LogP contribution in [0.2, 0.25) is 5.15 Å². The van der Waals surface area contributed by atoms with Gasteiger partial charge in [0.05, 0.1) is 12.3 Å². The van der Waals surface area contributed by atoms with Crippen LogP contribution in [0.5, 0.6) is 0 Å². The van der Waals surface area contributed by atoms with Gasteiger partial charge < -0.3 is 4.74 Å². The van der Waals surface area contributed by atoms with Gasteiger partial charge >= 0.3 is 0 Å². The van der Waals surface area contributed by atoms with Crippen LogP contribution in [0.1, 0.15) is 11.3 Å². The third kappa shape index (κ3) is 2.84. The van der Waals surface area contributed by atoms with Crippen molar-refractivity contribution in [2.45, 2.75) is 19.4 Å². The summed E-state index contributed by atoms with van der Waals surface area (Å²) < 4.78 is 7.05. The zero-order chi connectivity index (χ0) is 12.4. The quantitative estimate of drug-likeness (QED) is 0.840. The summed E-state index contributed by atoms with van der Waals surface area (Å²) >= 11 is 7.86. The molecule has 17 heavy (non-hydrogen) atoms. The number of ketones is 1. The summed E-state index contributed by atoms with van der Waals surface area (Å²) in [5.74, 6) is 1.81. The van der Waals surface area contributed by atoms with Gasteiger partial charge in [-0.05, 0) is 6.92 Å². The van der Waals surface area contributed by atoms with E-state index in [0.717, 1.165) is 22.8 Å². The van der Waals surface area contributed by atoms with Crippen molar-refractivity contribution in [3.63, 3.8) is 0 Å². The van der Waals surface area contributed by atoms with Crippen LogP contribution in [0.15, 0.2) is 0 Å². The molecule has 0 aromatic carbocycles. The molecule has 1 aromatic rings. The predicted octanol–water partition coefficient (Wildman–Crippen LogP) is 1.63. The Bertz CT molecular complexity index is 427. The molecule has 1 aliphatic rings. The standard InChI is InChI=1S/C11H15ClN2O2S/c1-7-8(11(12)14(2)13-7)5-9(15)10-6-17-4-3-16-10/h10H,3-6H2,1-2H3. The van der Waals surface area contributed by atoms with Gasteiger partial charge in [-0.2, -0.15) is 16.9 Å². The topological polar surface area (TPSA) is 44.1 Å². The summed E-state index contributed by atoms with van der Waals surface area (Å²) in [6.07, 6.45) is 0.0217. The number of Topliss-reactive ketones (excluding diaryl/α,β-unsaturated/α-hetero) is 1. The van der Waals surface area contributed by atoms with Crippen molar-refractivity contribution in [3.8, 4) is 0 Å². The van der Waals surface area contributed by atoms with E-state index >= 15 is 0 Å². The third-order valence-electron chi connectivity index (χ3n) is 2.80. The Balaban J connectivity index is 2.07. The van der Waals surface area contributed by atoms with E-state index in [-0.39, 0.29) is 11.9 Å². The minimum atomic E-state index is -0.288. The molecule has 1 aromatic heterocycles. The Kier molecular flexibility index (Phi) is 4.12. The lowest BCUT2D eigenvalue weighted by Crippen LogP contribution is -2.32. The number of aryl methyl sites for hydroxylation is 2. The first-order chi connectivity index (χ1) is 8.09. The van der Waals surface area contributed by atoms with Crippen LogP contribution in [0.25, 0.3) is 0 Å². The van der Waals surface area contributed by atoms with Gasteiger partial charge in [-0.15, -0.1) is 0 Å². The van der Waals surface area contributed by atoms with E-state index in [1.165, 1.54) is 0 Å². The first kappa shape index (κ1) is 12.9. The molecular formula is C11H15ClN2O2S. The second-order valence-corrected chi connectivity index (χ2v) is 5.56. The third-order valence-corrected chi connectivity index (χ3v) is 4.26. The molecule has 2 rings (SSSR count). The summed E-state index contributed by atoms with van der Waals surface area (Å²) in [6.45, 7) is 2.52. The molecule has 1 unspecified atom stereocenters. The molecule has 6 heteroatoms. The van der Waals surface area contributed by atoms with Crippen LogP contribution in [0, 0.1) is 6.92 Å². The van der Waals surface area contributed by atoms with Crippen molar-refractivity contribution in [2.24, 2.45) is 7.05 Å². The fraction of sp³-hybridized carbons (Fsp3) is 0.636. The summed E-state index contributed by atoms with van der Waals surface area (Å²) in [4.78, 5) is 12.0. The number of rotatable bonds is 3. The molecule has 1 aliphatic heterocycles. The highest BCUT2D eigenvalue weighted by Gasteiger charge is 2.24. The number of aromatic nitrogens is 2. The van der Waals surface area contributed by atoms with Crippen LogP contribution in [-0.4, -0.2) is 39.8 Å². The van der Waals surface area contributed by atoms with Crippen LogP contribution < -0.4 is 0 Å². The van der Waals surface area contributed by atoms with Crippen LogP contribution in [-0.2, 0) is 23.0 Å². The smallest absolute Gasteiger partial charge is 0.166 e. The average Bonchev–Trinajstić information content (AvgIpc) is 2.57. The highest BCUT2D eigenvalue weighted by molar-refractivity contribution is 7.99. The van der Waals surface area contributed by atoms with E-state index in [1.54, 1.807) is 23.5 Å². The summed E-state index contributed by atoms with van der Waals surface area (Å²) in [6, 6.07) is 0. The molecule has 0 radical (unpaired) electrons. The molecule has 0 spiro atoms. The molecule has 0 bridgehead atoms. The van der Waals surface area contributed by atoms with Crippen molar-refractivity contribution in [3.05, 3.63) is 16.4 Å². The zero-order valence-electron chi connectivity index (χ0n) is 9.90. The Morgan fingerprint density at radius 1 is 1.71 bits per heavy atom. The van der Waals surface area contributed by atoms with Crippen molar-refractivity contribution < 1.29 is 9.53 Å². The summed E-state index contributed by atoms with van der Waals surface area (Å²) in [5, 5.41) is 4.74. The lowest BCUT2D eigenvalue weighted by Gasteiger charge is -2.20. The number of thioether (sulfide) groups is 1. The molecule has 94 valence electrons. The maximum Gasteiger partial charge on any atom is 0.166 e. The van der Waals surface area contributed by atoms with Crippen molar-refractivity contribution in [2.75, 3.05) is 18.1 Å². The molecule has 0 amide bonds. The van der Waals surface area contributed by atoms with E-state index in [0.29, 0.717) is 18.2 Å². The van der Waals surface area contributed by atoms with E-state index in [2.05, 4.69) is 5.10 Å². The molecule has 0 N–H and O–H groups in total. The number of ether oxygens (including phenoxy) is 1. The predicted molar refractivity (Wildman–Crippen MR) is 68.7 cm³/mol. The van der Waals surface area contributed by atoms with Gasteiger partial charge in [-0.3, -0.25) is 9.48 Å². The van der Waals surface area contributed by atoms with Gasteiger partial charge in [-0.1, -0.05) is 11.6 Å². The summed E-state index contributed by atoms with van der Waals surface area (Å²) in [5.41, 5.74) is 1.63. The van der Waals surface area contributed by atoms with Crippen LogP contribution in [0.4, 0.5) is 0 Å². The van der Waals surface area contributed by atoms with Crippen LogP contribution in [0.3, 0.4) is 0 Å². The highest BCUT2D eigenvalue weighted by Crippen LogP contribution is 2.21. The number of nitrogens with zero attached hydrogens (tertiary/aromatic N) is 2. The molecular weight excluding hydrogens is 260 g/mol. The number of hydrogen-bond acceptors (Lipinski definition) is 4. The Labute approximate surface area is 110 Å². The van der Waals surface area contributed by atoms with E-state index in [4.69, 9.17) is 16.3 Å². The fourth-order valence-electron chi connectivity index (χ4n) is 1.84. The lowest BCUT2D eigenvalue weighted by molar-refractivity contribution is -0.128. The Morgan fingerprint density at radius 2 is 2.47 bits per heavy atom. The molecule has 1 saturated heterocycles. The largest absolute Gasteiger partial charge is 0.369 e. The zero-order valence-corrected chi connectivity index (χ0v) is 11.5. The second-order valence-electron chi connectivity index (χ2n) is 4.06. The molecule has 0 saturated carbocycles. The SMILES string of the molecule is Cc1nn(C)c(Cl)c1CC(=O)C1CSCCO1. The monoisotopic (exact) mass is 274 g/mol. The second kappa shape index (κ2) is 5.42. The lowest BCUT2D eigenvalue weighted by atomic mass is 10.1. The maximum absolute atomic E-state index is 12.0. The normalized spacial score (nSPS) is 20.5. The molecule has 4 nitrogen and oxygen atoms in total. The Morgan fingerprint density at radius 3 is 3.00 bits per heavy atom. The Hall–Kier alpha value is -0.520. The van der Waals surface area contributed by atoms with Crippen molar-refractivity contribution >= 4 is 29.1 Å². The molecule has 1 atom stereocenters. The highest BCUT2D eigenvalue weighted by atomic mass is 35.5. The summed E-state index contributed by atoms with van der Waals surface area (Å²) in [7, 11) is 1.77. The van der Waals surface area contributed by atoms with Crippen molar-refractivity contribution in [1.82, 2.24) is 9.78 Å². The minimum Gasteiger partial charge on any atom is -0.369 e. The van der Waals surface area contributed by atoms with E-state index in [9.17, 15) is 4.79 Å². The number of carbonyl (C=O) groups is 1. The van der Waals surface area contributed by atoms with Gasteiger partial charge in [0, 0.05) is 30.5 Å². The molecule has 2 heterocycles. The van der Waals surface area contributed by atoms with Crippen molar-refractivity contribution in [1.29, 1.82) is 0 Å². The number of halogens is 1. The van der Waals surface area contributed by atoms with Crippen LogP contribution >= 0.6 is 23.4 Å². The average molecular weight is 275 g/mol. The van der Waals surface area contributed by atoms with Gasteiger partial charge in [0.2, 0.25) is 0 Å². The van der Waals surface area contributed by atoms with Gasteiger partial charge in [0.25, 0.3) is 0 Å². The first-order valence-corrected chi connectivity index (χ1v) is 7.03. The molecule has 0 aliphatic carbocycles. The fourth-order valence-corrected chi connectivity index (χ4v) is 2.95. The number of carbonyl (C=O) groups excluding carboxylic acids is 1. The van der Waals surface area contributed by atoms with Gasteiger partial charge in [0.15, 0.2) is 5.78 Å².